The van der Waals surface area contributed by atoms with Crippen LogP contribution in [0.2, 0.25) is 0 Å². The summed E-state index contributed by atoms with van der Waals surface area (Å²) in [7, 11) is 1.63. The van der Waals surface area contributed by atoms with Gasteiger partial charge in [-0.25, -0.2) is 4.98 Å². The van der Waals surface area contributed by atoms with Crippen molar-refractivity contribution < 1.29 is 9.53 Å². The second kappa shape index (κ2) is 8.51. The second-order valence-electron chi connectivity index (χ2n) is 4.82. The summed E-state index contributed by atoms with van der Waals surface area (Å²) in [6.07, 6.45) is 2.27. The lowest BCUT2D eigenvalue weighted by Crippen LogP contribution is -2.25. The van der Waals surface area contributed by atoms with E-state index in [1.165, 1.54) is 6.20 Å². The summed E-state index contributed by atoms with van der Waals surface area (Å²) in [4.78, 5) is 16.1. The zero-order valence-corrected chi connectivity index (χ0v) is 12.9. The quantitative estimate of drug-likeness (QED) is 0.767. The highest BCUT2D eigenvalue weighted by molar-refractivity contribution is 5.94. The van der Waals surface area contributed by atoms with Gasteiger partial charge < -0.3 is 15.4 Å². The number of anilines is 2. The molecule has 0 bridgehead atoms. The van der Waals surface area contributed by atoms with Crippen molar-refractivity contribution in [1.82, 2.24) is 10.3 Å². The van der Waals surface area contributed by atoms with Crippen LogP contribution >= 0.6 is 0 Å². The van der Waals surface area contributed by atoms with Gasteiger partial charge in [0.1, 0.15) is 11.9 Å². The molecule has 0 radical (unpaired) electrons. The van der Waals surface area contributed by atoms with Crippen LogP contribution < -0.4 is 10.6 Å². The number of nitrogens with one attached hydrogen (secondary N) is 2. The fourth-order valence-electron chi connectivity index (χ4n) is 1.95. The number of carbonyl (C=O) groups excluding carboxylic acids is 1. The molecule has 2 aromatic rings. The molecular formula is C17H18N4O2. The van der Waals surface area contributed by atoms with Gasteiger partial charge in [0.25, 0.3) is 5.91 Å². The van der Waals surface area contributed by atoms with Gasteiger partial charge in [-0.2, -0.15) is 5.26 Å². The highest BCUT2D eigenvalue weighted by atomic mass is 16.5. The summed E-state index contributed by atoms with van der Waals surface area (Å²) in [6, 6.07) is 12.7. The molecule has 1 aromatic heterocycles. The first kappa shape index (κ1) is 16.5. The van der Waals surface area contributed by atoms with Gasteiger partial charge in [0, 0.05) is 26.5 Å². The van der Waals surface area contributed by atoms with Gasteiger partial charge in [-0.1, -0.05) is 12.1 Å². The molecule has 0 aliphatic rings. The van der Waals surface area contributed by atoms with E-state index in [2.05, 4.69) is 21.7 Å². The van der Waals surface area contributed by atoms with Gasteiger partial charge in [0.2, 0.25) is 0 Å². The van der Waals surface area contributed by atoms with Gasteiger partial charge >= 0.3 is 0 Å². The van der Waals surface area contributed by atoms with E-state index in [4.69, 9.17) is 10.00 Å². The van der Waals surface area contributed by atoms with E-state index in [1.54, 1.807) is 37.4 Å². The molecular weight excluding hydrogens is 292 g/mol. The van der Waals surface area contributed by atoms with Crippen LogP contribution in [-0.4, -0.2) is 31.2 Å². The third-order valence-electron chi connectivity index (χ3n) is 3.15. The van der Waals surface area contributed by atoms with Crippen LogP contribution in [0.15, 0.2) is 42.6 Å². The first-order chi connectivity index (χ1) is 11.2. The standard InChI is InChI=1S/C17H18N4O2/c1-23-10-4-9-19-17(22)14-7-8-16(20-12-14)21-15-6-3-2-5-13(15)11-18/h2-3,5-8,12H,4,9-10H2,1H3,(H,19,22)(H,20,21). The van der Waals surface area contributed by atoms with Crippen LogP contribution in [0, 0.1) is 11.3 Å². The maximum Gasteiger partial charge on any atom is 0.252 e. The predicted molar refractivity (Wildman–Crippen MR) is 87.5 cm³/mol. The van der Waals surface area contributed by atoms with Crippen LogP contribution in [0.4, 0.5) is 11.5 Å². The van der Waals surface area contributed by atoms with E-state index in [-0.39, 0.29) is 5.91 Å². The van der Waals surface area contributed by atoms with Crippen molar-refractivity contribution in [3.8, 4) is 6.07 Å². The molecule has 2 N–H and O–H groups in total. The normalized spacial score (nSPS) is 9.91. The minimum atomic E-state index is -0.169. The number of methoxy groups -OCH3 is 1. The topological polar surface area (TPSA) is 87.0 Å². The molecule has 0 atom stereocenters. The number of aromatic nitrogens is 1. The zero-order valence-electron chi connectivity index (χ0n) is 12.9. The first-order valence-corrected chi connectivity index (χ1v) is 7.24. The predicted octanol–water partition coefficient (Wildman–Crippen LogP) is 2.46. The Morgan fingerprint density at radius 3 is 2.83 bits per heavy atom. The van der Waals surface area contributed by atoms with Crippen LogP contribution in [0.1, 0.15) is 22.3 Å². The van der Waals surface area contributed by atoms with Gasteiger partial charge in [0.15, 0.2) is 0 Å². The summed E-state index contributed by atoms with van der Waals surface area (Å²) in [5.41, 5.74) is 1.70. The van der Waals surface area contributed by atoms with Crippen LogP contribution in [-0.2, 0) is 4.74 Å². The number of hydrogen-bond acceptors (Lipinski definition) is 5. The van der Waals surface area contributed by atoms with Crippen molar-refractivity contribution in [1.29, 1.82) is 5.26 Å². The summed E-state index contributed by atoms with van der Waals surface area (Å²) < 4.78 is 4.93. The Balaban J connectivity index is 1.97. The van der Waals surface area contributed by atoms with Crippen LogP contribution in [0.25, 0.3) is 0 Å². The second-order valence-corrected chi connectivity index (χ2v) is 4.82. The number of benzene rings is 1. The van der Waals surface area contributed by atoms with E-state index in [9.17, 15) is 4.79 Å². The smallest absolute Gasteiger partial charge is 0.252 e. The molecule has 6 heteroatoms. The van der Waals surface area contributed by atoms with Crippen molar-refractivity contribution >= 4 is 17.4 Å². The van der Waals surface area contributed by atoms with Crippen molar-refractivity contribution in [3.63, 3.8) is 0 Å². The maximum absolute atomic E-state index is 11.9. The molecule has 23 heavy (non-hydrogen) atoms. The SMILES string of the molecule is COCCCNC(=O)c1ccc(Nc2ccccc2C#N)nc1. The minimum absolute atomic E-state index is 0.169. The molecule has 1 amide bonds. The molecule has 6 nitrogen and oxygen atoms in total. The largest absolute Gasteiger partial charge is 0.385 e. The van der Waals surface area contributed by atoms with Gasteiger partial charge in [-0.05, 0) is 30.7 Å². The Kier molecular flexibility index (Phi) is 6.09. The highest BCUT2D eigenvalue weighted by Crippen LogP contribution is 2.18. The molecule has 0 aliphatic heterocycles. The molecule has 0 fully saturated rings. The van der Waals surface area contributed by atoms with E-state index in [1.807, 2.05) is 6.07 Å². The Morgan fingerprint density at radius 1 is 1.30 bits per heavy atom. The van der Waals surface area contributed by atoms with Crippen molar-refractivity contribution in [2.75, 3.05) is 25.6 Å². The summed E-state index contributed by atoms with van der Waals surface area (Å²) in [5, 5.41) is 14.9. The average Bonchev–Trinajstić information content (AvgIpc) is 2.59. The number of ether oxygens (including phenoxy) is 1. The molecule has 0 saturated heterocycles. The summed E-state index contributed by atoms with van der Waals surface area (Å²) in [5.74, 6) is 0.404. The number of amides is 1. The number of para-hydroxylation sites is 1. The van der Waals surface area contributed by atoms with Gasteiger partial charge in [-0.15, -0.1) is 0 Å². The monoisotopic (exact) mass is 310 g/mol. The lowest BCUT2D eigenvalue weighted by molar-refractivity contribution is 0.0948. The van der Waals surface area contributed by atoms with Crippen molar-refractivity contribution in [2.45, 2.75) is 6.42 Å². The van der Waals surface area contributed by atoms with Gasteiger partial charge in [0.05, 0.1) is 16.8 Å². The third kappa shape index (κ3) is 4.80. The first-order valence-electron chi connectivity index (χ1n) is 7.24. The summed E-state index contributed by atoms with van der Waals surface area (Å²) >= 11 is 0. The minimum Gasteiger partial charge on any atom is -0.385 e. The Hall–Kier alpha value is -2.91. The number of nitrogens with zero attached hydrogens (tertiary/aromatic N) is 2. The molecule has 0 spiro atoms. The van der Waals surface area contributed by atoms with E-state index >= 15 is 0 Å². The van der Waals surface area contributed by atoms with E-state index in [0.717, 1.165) is 6.42 Å². The number of rotatable bonds is 7. The molecule has 1 aromatic carbocycles. The zero-order chi connectivity index (χ0) is 16.5. The fourth-order valence-corrected chi connectivity index (χ4v) is 1.95. The average molecular weight is 310 g/mol. The summed E-state index contributed by atoms with van der Waals surface area (Å²) in [6.45, 7) is 1.17. The van der Waals surface area contributed by atoms with Gasteiger partial charge in [-0.3, -0.25) is 4.79 Å². The molecule has 0 aliphatic carbocycles. The molecule has 0 unspecified atom stereocenters. The van der Waals surface area contributed by atoms with Crippen LogP contribution in [0.3, 0.4) is 0 Å². The van der Waals surface area contributed by atoms with Crippen molar-refractivity contribution in [2.24, 2.45) is 0 Å². The number of nitriles is 1. The Bertz CT molecular complexity index is 692. The highest BCUT2D eigenvalue weighted by Gasteiger charge is 2.06. The molecule has 118 valence electrons. The van der Waals surface area contributed by atoms with E-state index < -0.39 is 0 Å². The number of hydrogen-bond donors (Lipinski definition) is 2. The molecule has 1 heterocycles. The van der Waals surface area contributed by atoms with E-state index in [0.29, 0.717) is 35.8 Å². The lowest BCUT2D eigenvalue weighted by Gasteiger charge is -2.08. The Morgan fingerprint density at radius 2 is 2.13 bits per heavy atom. The molecule has 0 saturated carbocycles. The third-order valence-corrected chi connectivity index (χ3v) is 3.15. The lowest BCUT2D eigenvalue weighted by atomic mass is 10.2. The Labute approximate surface area is 135 Å². The van der Waals surface area contributed by atoms with Crippen LogP contribution in [0.5, 0.6) is 0 Å². The number of pyridine rings is 1. The maximum atomic E-state index is 11.9. The van der Waals surface area contributed by atoms with Crippen molar-refractivity contribution in [3.05, 3.63) is 53.7 Å². The molecule has 2 rings (SSSR count). The fraction of sp³-hybridized carbons (Fsp3) is 0.235. The number of carbonyl (C=O) groups is 1.